The van der Waals surface area contributed by atoms with Crippen LogP contribution in [-0.4, -0.2) is 0 Å². The Balaban J connectivity index is 1.07. The summed E-state index contributed by atoms with van der Waals surface area (Å²) in [6.45, 7) is 0. The molecule has 0 atom stereocenters. The Bertz CT molecular complexity index is 3420. The van der Waals surface area contributed by atoms with Crippen LogP contribution in [0.15, 0.2) is 285 Å². The number of rotatable bonds is 11. The van der Waals surface area contributed by atoms with Gasteiger partial charge in [0.25, 0.3) is 0 Å². The minimum atomic E-state index is 1.08. The van der Waals surface area contributed by atoms with Gasteiger partial charge in [0.05, 0.1) is 11.4 Å². The summed E-state index contributed by atoms with van der Waals surface area (Å²) < 4.78 is 0. The molecule has 0 saturated carbocycles. The normalized spacial score (nSPS) is 11.2. The second-order valence-electron chi connectivity index (χ2n) is 17.3. The summed E-state index contributed by atoms with van der Waals surface area (Å²) in [7, 11) is 0. The number of benzene rings is 12. The third-order valence-corrected chi connectivity index (χ3v) is 13.2. The Morgan fingerprint density at radius 1 is 0.188 bits per heavy atom. The van der Waals surface area contributed by atoms with Crippen LogP contribution in [0, 0.1) is 0 Å². The molecule has 0 spiro atoms. The van der Waals surface area contributed by atoms with Gasteiger partial charge in [0.2, 0.25) is 0 Å². The highest BCUT2D eigenvalue weighted by Crippen LogP contribution is 2.50. The van der Waals surface area contributed by atoms with Crippen LogP contribution < -0.4 is 14.7 Å². The average Bonchev–Trinajstić information content (AvgIpc) is 3.42. The molecule has 0 aliphatic carbocycles. The maximum Gasteiger partial charge on any atom is 0.0546 e. The summed E-state index contributed by atoms with van der Waals surface area (Å²) in [5.74, 6) is 0. The van der Waals surface area contributed by atoms with Crippen molar-refractivity contribution < 1.29 is 0 Å². The van der Waals surface area contributed by atoms with Crippen LogP contribution in [0.1, 0.15) is 0 Å². The monoisotopic (exact) mass is 881 g/mol. The van der Waals surface area contributed by atoms with Gasteiger partial charge in [-0.15, -0.1) is 0 Å². The van der Waals surface area contributed by atoms with Crippen LogP contribution >= 0.6 is 0 Å². The van der Waals surface area contributed by atoms with Crippen molar-refractivity contribution in [3.63, 3.8) is 0 Å². The standard InChI is InChI=1S/C66H47N3/c1-5-23-54(24-6-1)67(55-25-7-2-8-26-55)58-40-34-51(35-41-58)65-61-31-17-15-20-49(61)38-45-63(65)69(60-44-33-48-19-13-14-22-53(48)47-60)64-46-39-50-21-16-18-32-62(50)66(64)52-36-42-59(43-37-52)68(56-27-9-3-10-28-56)57-29-11-4-12-30-57/h1-47H. The summed E-state index contributed by atoms with van der Waals surface area (Å²) in [6.07, 6.45) is 0. The lowest BCUT2D eigenvalue weighted by atomic mass is 9.92. The molecule has 0 aliphatic heterocycles. The lowest BCUT2D eigenvalue weighted by Crippen LogP contribution is -2.13. The van der Waals surface area contributed by atoms with E-state index in [2.05, 4.69) is 300 Å². The maximum absolute atomic E-state index is 2.50. The fourth-order valence-electron chi connectivity index (χ4n) is 9.98. The highest BCUT2D eigenvalue weighted by atomic mass is 15.2. The van der Waals surface area contributed by atoms with Gasteiger partial charge in [-0.05, 0) is 141 Å². The topological polar surface area (TPSA) is 9.72 Å². The molecule has 12 aromatic rings. The first-order chi connectivity index (χ1) is 34.2. The number of anilines is 9. The molecule has 0 radical (unpaired) electrons. The Kier molecular flexibility index (Phi) is 10.9. The van der Waals surface area contributed by atoms with E-state index in [-0.39, 0.29) is 0 Å². The fraction of sp³-hybridized carbons (Fsp3) is 0. The first-order valence-corrected chi connectivity index (χ1v) is 23.6. The first kappa shape index (κ1) is 41.3. The lowest BCUT2D eigenvalue weighted by molar-refractivity contribution is 1.28. The zero-order valence-corrected chi connectivity index (χ0v) is 38.0. The highest BCUT2D eigenvalue weighted by Gasteiger charge is 2.25. The summed E-state index contributed by atoms with van der Waals surface area (Å²) in [5, 5.41) is 7.12. The Morgan fingerprint density at radius 3 is 0.899 bits per heavy atom. The molecule has 3 nitrogen and oxygen atoms in total. The lowest BCUT2D eigenvalue weighted by Gasteiger charge is -2.32. The molecule has 0 amide bonds. The van der Waals surface area contributed by atoms with Crippen LogP contribution in [0.4, 0.5) is 51.2 Å². The second kappa shape index (κ2) is 18.2. The molecule has 0 N–H and O–H groups in total. The van der Waals surface area contributed by atoms with Crippen molar-refractivity contribution in [2.75, 3.05) is 14.7 Å². The minimum absolute atomic E-state index is 1.08. The molecular weight excluding hydrogens is 835 g/mol. The molecule has 3 heteroatoms. The van der Waals surface area contributed by atoms with Crippen molar-refractivity contribution in [1.82, 2.24) is 0 Å². The average molecular weight is 882 g/mol. The highest BCUT2D eigenvalue weighted by molar-refractivity contribution is 6.10. The van der Waals surface area contributed by atoms with Gasteiger partial charge in [-0.2, -0.15) is 0 Å². The molecule has 12 aromatic carbocycles. The van der Waals surface area contributed by atoms with E-state index in [1.54, 1.807) is 0 Å². The van der Waals surface area contributed by atoms with E-state index in [0.29, 0.717) is 0 Å². The van der Waals surface area contributed by atoms with Gasteiger partial charge in [0.1, 0.15) is 0 Å². The molecule has 0 aromatic heterocycles. The quantitative estimate of drug-likeness (QED) is 0.128. The van der Waals surface area contributed by atoms with E-state index in [4.69, 9.17) is 0 Å². The van der Waals surface area contributed by atoms with Gasteiger partial charge in [0.15, 0.2) is 0 Å². The molecule has 0 bridgehead atoms. The number of hydrogen-bond acceptors (Lipinski definition) is 3. The van der Waals surface area contributed by atoms with Crippen molar-refractivity contribution in [2.45, 2.75) is 0 Å². The summed E-state index contributed by atoms with van der Waals surface area (Å²) in [5.41, 5.74) is 14.4. The molecule has 0 fully saturated rings. The van der Waals surface area contributed by atoms with Crippen LogP contribution in [0.5, 0.6) is 0 Å². The van der Waals surface area contributed by atoms with E-state index < -0.39 is 0 Å². The smallest absolute Gasteiger partial charge is 0.0546 e. The van der Waals surface area contributed by atoms with Gasteiger partial charge in [-0.3, -0.25) is 0 Å². The van der Waals surface area contributed by atoms with Crippen LogP contribution in [0.2, 0.25) is 0 Å². The zero-order chi connectivity index (χ0) is 45.9. The van der Waals surface area contributed by atoms with Crippen molar-refractivity contribution in [1.29, 1.82) is 0 Å². The van der Waals surface area contributed by atoms with Crippen molar-refractivity contribution >= 4 is 83.5 Å². The molecular formula is C66H47N3. The van der Waals surface area contributed by atoms with Crippen molar-refractivity contribution in [2.24, 2.45) is 0 Å². The number of fused-ring (bicyclic) bond motifs is 3. The first-order valence-electron chi connectivity index (χ1n) is 23.6. The number of nitrogens with zero attached hydrogens (tertiary/aromatic N) is 3. The van der Waals surface area contributed by atoms with Crippen molar-refractivity contribution in [3.8, 4) is 22.3 Å². The minimum Gasteiger partial charge on any atom is -0.311 e. The molecule has 326 valence electrons. The van der Waals surface area contributed by atoms with E-state index in [1.165, 1.54) is 32.3 Å². The summed E-state index contributed by atoms with van der Waals surface area (Å²) in [6, 6.07) is 103. The van der Waals surface area contributed by atoms with Crippen LogP contribution in [0.25, 0.3) is 54.6 Å². The molecule has 0 aliphatic rings. The third kappa shape index (κ3) is 7.92. The van der Waals surface area contributed by atoms with E-state index in [0.717, 1.165) is 73.4 Å². The van der Waals surface area contributed by atoms with Gasteiger partial charge >= 0.3 is 0 Å². The van der Waals surface area contributed by atoms with Gasteiger partial charge in [0, 0.05) is 50.9 Å². The van der Waals surface area contributed by atoms with Crippen molar-refractivity contribution in [3.05, 3.63) is 285 Å². The van der Waals surface area contributed by atoms with E-state index in [1.807, 2.05) is 0 Å². The SMILES string of the molecule is c1ccc(N(c2ccccc2)c2ccc(-c3c(N(c4ccc5ccccc5c4)c4ccc5ccccc5c4-c4ccc(N(c5ccccc5)c5ccccc5)cc4)ccc4ccccc34)cc2)cc1. The molecule has 12 rings (SSSR count). The molecule has 0 heterocycles. The second-order valence-corrected chi connectivity index (χ2v) is 17.3. The predicted octanol–water partition coefficient (Wildman–Crippen LogP) is 18.9. The number of hydrogen-bond donors (Lipinski definition) is 0. The van der Waals surface area contributed by atoms with Gasteiger partial charge in [-0.25, -0.2) is 0 Å². The Hall–Kier alpha value is -9.18. The summed E-state index contributed by atoms with van der Waals surface area (Å²) >= 11 is 0. The van der Waals surface area contributed by atoms with Gasteiger partial charge in [-0.1, -0.05) is 188 Å². The number of para-hydroxylation sites is 4. The Labute approximate surface area is 403 Å². The Morgan fingerprint density at radius 2 is 0.493 bits per heavy atom. The van der Waals surface area contributed by atoms with Crippen LogP contribution in [-0.2, 0) is 0 Å². The molecule has 0 saturated heterocycles. The zero-order valence-electron chi connectivity index (χ0n) is 38.0. The maximum atomic E-state index is 2.50. The molecule has 69 heavy (non-hydrogen) atoms. The fourth-order valence-corrected chi connectivity index (χ4v) is 9.98. The summed E-state index contributed by atoms with van der Waals surface area (Å²) in [4.78, 5) is 7.14. The van der Waals surface area contributed by atoms with E-state index >= 15 is 0 Å². The van der Waals surface area contributed by atoms with Crippen LogP contribution in [0.3, 0.4) is 0 Å². The third-order valence-electron chi connectivity index (χ3n) is 13.2. The largest absolute Gasteiger partial charge is 0.311 e. The predicted molar refractivity (Wildman–Crippen MR) is 294 cm³/mol. The molecule has 0 unspecified atom stereocenters. The van der Waals surface area contributed by atoms with E-state index in [9.17, 15) is 0 Å². The van der Waals surface area contributed by atoms with Gasteiger partial charge < -0.3 is 14.7 Å².